The zero-order valence-electron chi connectivity index (χ0n) is 10.6. The molecule has 1 fully saturated rings. The Morgan fingerprint density at radius 2 is 1.94 bits per heavy atom. The van der Waals surface area contributed by atoms with Crippen LogP contribution in [0.25, 0.3) is 0 Å². The largest absolute Gasteiger partial charge is 0.454 e. The second kappa shape index (κ2) is 5.16. The second-order valence-electron chi connectivity index (χ2n) is 5.14. The predicted octanol–water partition coefficient (Wildman–Crippen LogP) is 1.59. The minimum Gasteiger partial charge on any atom is -0.454 e. The molecule has 4 heteroatoms. The van der Waals surface area contributed by atoms with Gasteiger partial charge in [0.25, 0.3) is 0 Å². The van der Waals surface area contributed by atoms with Crippen LogP contribution in [0.5, 0.6) is 11.5 Å². The first-order valence-corrected chi connectivity index (χ1v) is 6.66. The Morgan fingerprint density at radius 3 is 2.72 bits per heavy atom. The molecule has 0 spiro atoms. The number of benzene rings is 1. The monoisotopic (exact) mass is 248 g/mol. The Bertz CT molecular complexity index is 414. The minimum absolute atomic E-state index is 0.348. The van der Waals surface area contributed by atoms with Gasteiger partial charge in [0.05, 0.1) is 0 Å². The molecular formula is C14H20N2O2. The molecule has 0 aliphatic carbocycles. The van der Waals surface area contributed by atoms with E-state index in [1.165, 1.54) is 18.4 Å². The van der Waals surface area contributed by atoms with Gasteiger partial charge in [-0.05, 0) is 56.1 Å². The molecule has 98 valence electrons. The van der Waals surface area contributed by atoms with Crippen molar-refractivity contribution >= 4 is 0 Å². The van der Waals surface area contributed by atoms with E-state index < -0.39 is 0 Å². The fourth-order valence-electron chi connectivity index (χ4n) is 2.68. The molecule has 0 amide bonds. The van der Waals surface area contributed by atoms with Crippen molar-refractivity contribution in [3.8, 4) is 11.5 Å². The van der Waals surface area contributed by atoms with E-state index in [1.807, 2.05) is 6.07 Å². The van der Waals surface area contributed by atoms with E-state index in [2.05, 4.69) is 17.0 Å². The average Bonchev–Trinajstić information content (AvgIpc) is 2.87. The third-order valence-corrected chi connectivity index (χ3v) is 3.88. The highest BCUT2D eigenvalue weighted by molar-refractivity contribution is 5.44. The van der Waals surface area contributed by atoms with E-state index in [0.29, 0.717) is 6.79 Å². The van der Waals surface area contributed by atoms with Crippen molar-refractivity contribution < 1.29 is 9.47 Å². The third kappa shape index (κ3) is 2.44. The molecule has 1 aromatic carbocycles. The normalized spacial score (nSPS) is 20.3. The molecule has 2 N–H and O–H groups in total. The van der Waals surface area contributed by atoms with Gasteiger partial charge in [0.1, 0.15) is 0 Å². The van der Waals surface area contributed by atoms with Crippen LogP contribution in [-0.4, -0.2) is 31.3 Å². The summed E-state index contributed by atoms with van der Waals surface area (Å²) in [6.45, 7) is 4.47. The van der Waals surface area contributed by atoms with Crippen LogP contribution in [0.3, 0.4) is 0 Å². The quantitative estimate of drug-likeness (QED) is 0.882. The van der Waals surface area contributed by atoms with Gasteiger partial charge in [-0.15, -0.1) is 0 Å². The minimum atomic E-state index is 0.348. The molecule has 2 aliphatic rings. The number of nitrogens with zero attached hydrogens (tertiary/aromatic N) is 1. The van der Waals surface area contributed by atoms with E-state index in [9.17, 15) is 0 Å². The smallest absolute Gasteiger partial charge is 0.231 e. The van der Waals surface area contributed by atoms with Crippen molar-refractivity contribution in [1.29, 1.82) is 0 Å². The van der Waals surface area contributed by atoms with Crippen LogP contribution in [0.4, 0.5) is 0 Å². The van der Waals surface area contributed by atoms with Crippen molar-refractivity contribution in [2.24, 2.45) is 11.7 Å². The number of likely N-dealkylation sites (tertiary alicyclic amines) is 1. The first-order valence-electron chi connectivity index (χ1n) is 6.66. The Morgan fingerprint density at radius 1 is 1.17 bits per heavy atom. The number of fused-ring (bicyclic) bond motifs is 1. The molecule has 0 unspecified atom stereocenters. The molecule has 0 atom stereocenters. The molecule has 4 nitrogen and oxygen atoms in total. The molecule has 1 aromatic rings. The fraction of sp³-hybridized carbons (Fsp3) is 0.571. The fourth-order valence-corrected chi connectivity index (χ4v) is 2.68. The van der Waals surface area contributed by atoms with E-state index >= 15 is 0 Å². The van der Waals surface area contributed by atoms with E-state index in [4.69, 9.17) is 15.2 Å². The lowest BCUT2D eigenvalue weighted by Gasteiger charge is -2.31. The standard InChI is InChI=1S/C14H20N2O2/c15-8-11-3-5-16(6-4-11)9-12-1-2-13-14(7-12)18-10-17-13/h1-2,7,11H,3-6,8-10,15H2. The maximum atomic E-state index is 5.71. The summed E-state index contributed by atoms with van der Waals surface area (Å²) in [7, 11) is 0. The molecule has 0 bridgehead atoms. The summed E-state index contributed by atoms with van der Waals surface area (Å²) in [5, 5.41) is 0. The highest BCUT2D eigenvalue weighted by Crippen LogP contribution is 2.33. The number of rotatable bonds is 3. The first-order chi connectivity index (χ1) is 8.85. The van der Waals surface area contributed by atoms with Crippen LogP contribution in [-0.2, 0) is 6.54 Å². The summed E-state index contributed by atoms with van der Waals surface area (Å²) in [5.74, 6) is 2.46. The number of nitrogens with two attached hydrogens (primary N) is 1. The Hall–Kier alpha value is -1.26. The summed E-state index contributed by atoms with van der Waals surface area (Å²) in [6, 6.07) is 6.23. The molecule has 1 saturated heterocycles. The summed E-state index contributed by atoms with van der Waals surface area (Å²) in [6.07, 6.45) is 2.45. The summed E-state index contributed by atoms with van der Waals surface area (Å²) >= 11 is 0. The van der Waals surface area contributed by atoms with Gasteiger partial charge in [0.2, 0.25) is 6.79 Å². The van der Waals surface area contributed by atoms with Crippen molar-refractivity contribution in [2.45, 2.75) is 19.4 Å². The molecule has 0 aromatic heterocycles. The zero-order valence-corrected chi connectivity index (χ0v) is 10.6. The predicted molar refractivity (Wildman–Crippen MR) is 69.6 cm³/mol. The number of ether oxygens (including phenoxy) is 2. The van der Waals surface area contributed by atoms with Gasteiger partial charge in [0.15, 0.2) is 11.5 Å². The molecule has 0 saturated carbocycles. The number of hydrogen-bond donors (Lipinski definition) is 1. The van der Waals surface area contributed by atoms with Crippen LogP contribution < -0.4 is 15.2 Å². The van der Waals surface area contributed by atoms with Crippen molar-refractivity contribution in [3.63, 3.8) is 0 Å². The van der Waals surface area contributed by atoms with E-state index in [-0.39, 0.29) is 0 Å². The summed E-state index contributed by atoms with van der Waals surface area (Å²) in [4.78, 5) is 2.49. The molecule has 2 aliphatic heterocycles. The van der Waals surface area contributed by atoms with Crippen molar-refractivity contribution in [1.82, 2.24) is 4.90 Å². The Balaban J connectivity index is 1.60. The van der Waals surface area contributed by atoms with E-state index in [1.54, 1.807) is 0 Å². The Kier molecular flexibility index (Phi) is 3.39. The Labute approximate surface area is 108 Å². The van der Waals surface area contributed by atoms with Gasteiger partial charge in [-0.1, -0.05) is 6.07 Å². The molecule has 2 heterocycles. The van der Waals surface area contributed by atoms with Gasteiger partial charge in [-0.25, -0.2) is 0 Å². The number of hydrogen-bond acceptors (Lipinski definition) is 4. The van der Waals surface area contributed by atoms with Crippen LogP contribution >= 0.6 is 0 Å². The van der Waals surface area contributed by atoms with Crippen LogP contribution in [0.1, 0.15) is 18.4 Å². The van der Waals surface area contributed by atoms with Gasteiger partial charge in [-0.3, -0.25) is 4.90 Å². The molecular weight excluding hydrogens is 228 g/mol. The van der Waals surface area contributed by atoms with Gasteiger partial charge in [-0.2, -0.15) is 0 Å². The lowest BCUT2D eigenvalue weighted by molar-refractivity contribution is 0.173. The van der Waals surface area contributed by atoms with Crippen LogP contribution in [0.15, 0.2) is 18.2 Å². The second-order valence-corrected chi connectivity index (χ2v) is 5.14. The number of piperidine rings is 1. The summed E-state index contributed by atoms with van der Waals surface area (Å²) < 4.78 is 10.7. The zero-order chi connectivity index (χ0) is 12.4. The molecule has 0 radical (unpaired) electrons. The highest BCUT2D eigenvalue weighted by atomic mass is 16.7. The summed E-state index contributed by atoms with van der Waals surface area (Å²) in [5.41, 5.74) is 7.01. The van der Waals surface area contributed by atoms with Crippen molar-refractivity contribution in [2.75, 3.05) is 26.4 Å². The van der Waals surface area contributed by atoms with Gasteiger partial charge < -0.3 is 15.2 Å². The lowest BCUT2D eigenvalue weighted by Crippen LogP contribution is -2.35. The third-order valence-electron chi connectivity index (χ3n) is 3.88. The van der Waals surface area contributed by atoms with Gasteiger partial charge in [0, 0.05) is 6.54 Å². The highest BCUT2D eigenvalue weighted by Gasteiger charge is 2.19. The van der Waals surface area contributed by atoms with Crippen LogP contribution in [0, 0.1) is 5.92 Å². The first kappa shape index (κ1) is 11.8. The van der Waals surface area contributed by atoms with E-state index in [0.717, 1.165) is 43.6 Å². The van der Waals surface area contributed by atoms with Crippen LogP contribution in [0.2, 0.25) is 0 Å². The SMILES string of the molecule is NCC1CCN(Cc2ccc3c(c2)OCO3)CC1. The maximum absolute atomic E-state index is 5.71. The van der Waals surface area contributed by atoms with Gasteiger partial charge >= 0.3 is 0 Å². The molecule has 3 rings (SSSR count). The van der Waals surface area contributed by atoms with Crippen molar-refractivity contribution in [3.05, 3.63) is 23.8 Å². The lowest BCUT2D eigenvalue weighted by atomic mass is 9.97. The average molecular weight is 248 g/mol. The topological polar surface area (TPSA) is 47.7 Å². The molecule has 18 heavy (non-hydrogen) atoms. The maximum Gasteiger partial charge on any atom is 0.231 e.